The Balaban J connectivity index is 1.35. The maximum Gasteiger partial charge on any atom is 0.242 e. The molecule has 7 heteroatoms. The van der Waals surface area contributed by atoms with Gasteiger partial charge in [0, 0.05) is 55.1 Å². The molecule has 1 aliphatic heterocycles. The molecule has 2 aromatic heterocycles. The SMILES string of the molecule is Cc1nc(-c2cc(C)n(CC(=O)N3CCN(Cc4ccc(C#N)cc4)CC3)c2C)cs1. The molecule has 160 valence electrons. The summed E-state index contributed by atoms with van der Waals surface area (Å²) >= 11 is 1.65. The lowest BCUT2D eigenvalue weighted by atomic mass is 10.1. The summed E-state index contributed by atoms with van der Waals surface area (Å²) in [6.07, 6.45) is 0. The maximum atomic E-state index is 13.0. The summed E-state index contributed by atoms with van der Waals surface area (Å²) in [5.41, 5.74) is 6.17. The number of thiazole rings is 1. The van der Waals surface area contributed by atoms with Gasteiger partial charge in [-0.1, -0.05) is 12.1 Å². The molecule has 0 unspecified atom stereocenters. The first kappa shape index (κ1) is 21.3. The van der Waals surface area contributed by atoms with Crippen LogP contribution in [-0.2, 0) is 17.9 Å². The second-order valence-electron chi connectivity index (χ2n) is 8.09. The van der Waals surface area contributed by atoms with Crippen LogP contribution in [0.5, 0.6) is 0 Å². The number of hydrogen-bond acceptors (Lipinski definition) is 5. The van der Waals surface area contributed by atoms with Gasteiger partial charge in [-0.15, -0.1) is 11.3 Å². The fourth-order valence-corrected chi connectivity index (χ4v) is 4.74. The molecule has 0 radical (unpaired) electrons. The van der Waals surface area contributed by atoms with Crippen molar-refractivity contribution < 1.29 is 4.79 Å². The lowest BCUT2D eigenvalue weighted by molar-refractivity contribution is -0.133. The standard InChI is InChI=1S/C24H27N5OS/c1-17-12-22(23-16-31-19(3)26-23)18(2)29(17)15-24(30)28-10-8-27(9-11-28)14-21-6-4-20(13-25)5-7-21/h4-7,12,16H,8-11,14-15H2,1-3H3. The molecule has 6 nitrogen and oxygen atoms in total. The molecule has 0 atom stereocenters. The van der Waals surface area contributed by atoms with Crippen molar-refractivity contribution in [1.82, 2.24) is 19.4 Å². The van der Waals surface area contributed by atoms with E-state index in [2.05, 4.69) is 45.8 Å². The topological polar surface area (TPSA) is 65.2 Å². The number of aryl methyl sites for hydroxylation is 2. The van der Waals surface area contributed by atoms with Crippen LogP contribution in [0.25, 0.3) is 11.3 Å². The monoisotopic (exact) mass is 433 g/mol. The average molecular weight is 434 g/mol. The van der Waals surface area contributed by atoms with Gasteiger partial charge in [0.25, 0.3) is 0 Å². The van der Waals surface area contributed by atoms with Crippen LogP contribution in [0, 0.1) is 32.1 Å². The van der Waals surface area contributed by atoms with E-state index in [1.54, 1.807) is 11.3 Å². The van der Waals surface area contributed by atoms with Gasteiger partial charge in [-0.3, -0.25) is 9.69 Å². The van der Waals surface area contributed by atoms with Crippen molar-refractivity contribution >= 4 is 17.2 Å². The highest BCUT2D eigenvalue weighted by Crippen LogP contribution is 2.28. The number of rotatable bonds is 5. The number of piperazine rings is 1. The molecule has 0 bridgehead atoms. The van der Waals surface area contributed by atoms with Crippen molar-refractivity contribution in [2.24, 2.45) is 0 Å². The molecule has 3 aromatic rings. The van der Waals surface area contributed by atoms with Crippen LogP contribution >= 0.6 is 11.3 Å². The molecule has 0 N–H and O–H groups in total. The lowest BCUT2D eigenvalue weighted by Crippen LogP contribution is -2.49. The Kier molecular flexibility index (Phi) is 6.21. The van der Waals surface area contributed by atoms with Crippen LogP contribution in [-0.4, -0.2) is 51.4 Å². The molecule has 1 fully saturated rings. The van der Waals surface area contributed by atoms with Gasteiger partial charge in [-0.2, -0.15) is 5.26 Å². The molecule has 31 heavy (non-hydrogen) atoms. The summed E-state index contributed by atoms with van der Waals surface area (Å²) in [5.74, 6) is 0.167. The second kappa shape index (κ2) is 9.04. The van der Waals surface area contributed by atoms with Gasteiger partial charge in [0.2, 0.25) is 5.91 Å². The second-order valence-corrected chi connectivity index (χ2v) is 9.15. The van der Waals surface area contributed by atoms with Crippen LogP contribution < -0.4 is 0 Å². The predicted molar refractivity (Wildman–Crippen MR) is 123 cm³/mol. The van der Waals surface area contributed by atoms with Gasteiger partial charge in [-0.25, -0.2) is 4.98 Å². The molecule has 1 saturated heterocycles. The number of carbonyl (C=O) groups is 1. The number of amides is 1. The van der Waals surface area contributed by atoms with Crippen LogP contribution in [0.2, 0.25) is 0 Å². The summed E-state index contributed by atoms with van der Waals surface area (Å²) in [6, 6.07) is 12.0. The molecule has 1 amide bonds. The number of nitrogens with zero attached hydrogens (tertiary/aromatic N) is 5. The minimum Gasteiger partial charge on any atom is -0.339 e. The minimum absolute atomic E-state index is 0.167. The van der Waals surface area contributed by atoms with Gasteiger partial charge >= 0.3 is 0 Å². The van der Waals surface area contributed by atoms with Crippen molar-refractivity contribution in [2.45, 2.75) is 33.9 Å². The van der Waals surface area contributed by atoms with E-state index in [9.17, 15) is 4.79 Å². The highest BCUT2D eigenvalue weighted by molar-refractivity contribution is 7.09. The largest absolute Gasteiger partial charge is 0.339 e. The van der Waals surface area contributed by atoms with Crippen LogP contribution in [0.3, 0.4) is 0 Å². The first-order valence-electron chi connectivity index (χ1n) is 10.5. The Morgan fingerprint density at radius 3 is 2.45 bits per heavy atom. The smallest absolute Gasteiger partial charge is 0.242 e. The molecule has 0 saturated carbocycles. The Labute approximate surface area is 187 Å². The van der Waals surface area contributed by atoms with E-state index >= 15 is 0 Å². The minimum atomic E-state index is 0.167. The fourth-order valence-electron chi connectivity index (χ4n) is 4.12. The van der Waals surface area contributed by atoms with E-state index < -0.39 is 0 Å². The van der Waals surface area contributed by atoms with Gasteiger partial charge in [0.15, 0.2) is 0 Å². The summed E-state index contributed by atoms with van der Waals surface area (Å²) < 4.78 is 2.11. The van der Waals surface area contributed by atoms with Crippen molar-refractivity contribution in [1.29, 1.82) is 5.26 Å². The number of aromatic nitrogens is 2. The Hall–Kier alpha value is -2.95. The number of carbonyl (C=O) groups excluding carboxylic acids is 1. The van der Waals surface area contributed by atoms with E-state index in [4.69, 9.17) is 5.26 Å². The Morgan fingerprint density at radius 1 is 1.13 bits per heavy atom. The van der Waals surface area contributed by atoms with Gasteiger partial charge < -0.3 is 9.47 Å². The summed E-state index contributed by atoms with van der Waals surface area (Å²) in [4.78, 5) is 21.9. The predicted octanol–water partition coefficient (Wildman–Crippen LogP) is 3.75. The van der Waals surface area contributed by atoms with Crippen molar-refractivity contribution in [3.63, 3.8) is 0 Å². The lowest BCUT2D eigenvalue weighted by Gasteiger charge is -2.35. The first-order chi connectivity index (χ1) is 14.9. The third-order valence-corrected chi connectivity index (χ3v) is 6.75. The normalized spacial score (nSPS) is 14.6. The summed E-state index contributed by atoms with van der Waals surface area (Å²) in [5, 5.41) is 12.1. The van der Waals surface area contributed by atoms with Crippen LogP contribution in [0.15, 0.2) is 35.7 Å². The third kappa shape index (κ3) is 4.71. The molecular formula is C24H27N5OS. The Morgan fingerprint density at radius 2 is 1.84 bits per heavy atom. The molecule has 0 spiro atoms. The Bertz CT molecular complexity index is 1110. The van der Waals surface area contributed by atoms with Gasteiger partial charge in [0.1, 0.15) is 6.54 Å². The highest BCUT2D eigenvalue weighted by atomic mass is 32.1. The first-order valence-corrected chi connectivity index (χ1v) is 11.4. The van der Waals surface area contributed by atoms with E-state index in [1.807, 2.05) is 36.1 Å². The number of nitriles is 1. The molecular weight excluding hydrogens is 406 g/mol. The fraction of sp³-hybridized carbons (Fsp3) is 0.375. The highest BCUT2D eigenvalue weighted by Gasteiger charge is 2.23. The number of hydrogen-bond donors (Lipinski definition) is 0. The average Bonchev–Trinajstić information content (AvgIpc) is 3.32. The van der Waals surface area contributed by atoms with Crippen LogP contribution in [0.1, 0.15) is 27.5 Å². The van der Waals surface area contributed by atoms with Crippen molar-refractivity contribution in [3.8, 4) is 17.3 Å². The summed E-state index contributed by atoms with van der Waals surface area (Å²) in [7, 11) is 0. The quantitative estimate of drug-likeness (QED) is 0.615. The zero-order valence-corrected chi connectivity index (χ0v) is 19.1. The van der Waals surface area contributed by atoms with E-state index in [0.29, 0.717) is 12.1 Å². The van der Waals surface area contributed by atoms with Crippen molar-refractivity contribution in [3.05, 3.63) is 63.2 Å². The van der Waals surface area contributed by atoms with E-state index in [1.165, 1.54) is 5.56 Å². The van der Waals surface area contributed by atoms with Gasteiger partial charge in [-0.05, 0) is 44.5 Å². The van der Waals surface area contributed by atoms with Crippen LogP contribution in [0.4, 0.5) is 0 Å². The third-order valence-electron chi connectivity index (χ3n) is 5.98. The van der Waals surface area contributed by atoms with Gasteiger partial charge in [0.05, 0.1) is 22.3 Å². The molecule has 3 heterocycles. The zero-order chi connectivity index (χ0) is 22.0. The maximum absolute atomic E-state index is 13.0. The number of benzene rings is 1. The molecule has 1 aromatic carbocycles. The van der Waals surface area contributed by atoms with Crippen molar-refractivity contribution in [2.75, 3.05) is 26.2 Å². The zero-order valence-electron chi connectivity index (χ0n) is 18.3. The van der Waals surface area contributed by atoms with E-state index in [-0.39, 0.29) is 5.91 Å². The molecule has 4 rings (SSSR count). The molecule has 1 aliphatic rings. The van der Waals surface area contributed by atoms with E-state index in [0.717, 1.165) is 60.4 Å². The molecule has 0 aliphatic carbocycles. The summed E-state index contributed by atoms with van der Waals surface area (Å²) in [6.45, 7) is 10.6.